The van der Waals surface area contributed by atoms with Crippen LogP contribution in [-0.4, -0.2) is 52.8 Å². The summed E-state index contributed by atoms with van der Waals surface area (Å²) in [6, 6.07) is 3.28. The summed E-state index contributed by atoms with van der Waals surface area (Å²) in [6.45, 7) is 12.0. The lowest BCUT2D eigenvalue weighted by Gasteiger charge is -2.40. The zero-order valence-electron chi connectivity index (χ0n) is 22.0. The summed E-state index contributed by atoms with van der Waals surface area (Å²) in [7, 11) is 0. The van der Waals surface area contributed by atoms with Gasteiger partial charge in [0.25, 0.3) is 5.92 Å². The van der Waals surface area contributed by atoms with E-state index in [2.05, 4.69) is 28.7 Å². The van der Waals surface area contributed by atoms with Gasteiger partial charge >= 0.3 is 5.97 Å². The minimum absolute atomic E-state index is 0.192. The number of anilines is 1. The van der Waals surface area contributed by atoms with Crippen molar-refractivity contribution in [1.29, 1.82) is 0 Å². The number of piperidine rings is 1. The summed E-state index contributed by atoms with van der Waals surface area (Å²) in [5, 5.41) is 10.1. The second-order valence-electron chi connectivity index (χ2n) is 10.5. The Kier molecular flexibility index (Phi) is 8.54. The van der Waals surface area contributed by atoms with E-state index in [0.717, 1.165) is 31.6 Å². The Bertz CT molecular complexity index is 1050. The molecule has 1 N–H and O–H groups in total. The number of carboxylic acids is 1. The number of carboxylic acid groups (broad SMARTS) is 1. The number of aryl methyl sites for hydroxylation is 1. The van der Waals surface area contributed by atoms with Crippen molar-refractivity contribution in [2.75, 3.05) is 24.6 Å². The first-order valence-corrected chi connectivity index (χ1v) is 12.4. The Hall–Kier alpha value is -2.81. The molecule has 3 heterocycles. The molecule has 3 rings (SSSR count). The van der Waals surface area contributed by atoms with Crippen molar-refractivity contribution >= 4 is 11.7 Å². The largest absolute Gasteiger partial charge is 0.486 e. The molecule has 198 valence electrons. The lowest BCUT2D eigenvalue weighted by molar-refractivity contribution is -0.153. The summed E-state index contributed by atoms with van der Waals surface area (Å²) < 4.78 is 38.3. The second-order valence-corrected chi connectivity index (χ2v) is 10.5. The van der Waals surface area contributed by atoms with Crippen LogP contribution in [0.1, 0.15) is 71.2 Å². The lowest BCUT2D eigenvalue weighted by Crippen LogP contribution is -2.39. The van der Waals surface area contributed by atoms with E-state index in [4.69, 9.17) is 9.47 Å². The number of aliphatic carboxylic acids is 1. The third kappa shape index (κ3) is 6.69. The molecule has 1 saturated heterocycles. The number of rotatable bonds is 10. The van der Waals surface area contributed by atoms with E-state index < -0.39 is 24.6 Å². The van der Waals surface area contributed by atoms with Gasteiger partial charge in [-0.25, -0.2) is 13.6 Å². The van der Waals surface area contributed by atoms with Gasteiger partial charge in [0.2, 0.25) is 0 Å². The van der Waals surface area contributed by atoms with Crippen LogP contribution >= 0.6 is 0 Å². The number of aromatic nitrogens is 2. The van der Waals surface area contributed by atoms with Gasteiger partial charge in [-0.3, -0.25) is 9.97 Å². The van der Waals surface area contributed by atoms with Crippen LogP contribution in [0, 0.1) is 12.3 Å². The molecule has 0 unspecified atom stereocenters. The van der Waals surface area contributed by atoms with Crippen molar-refractivity contribution in [2.24, 2.45) is 5.41 Å². The maximum absolute atomic E-state index is 13.6. The predicted molar refractivity (Wildman–Crippen MR) is 135 cm³/mol. The molecule has 0 aliphatic carbocycles. The van der Waals surface area contributed by atoms with E-state index in [0.29, 0.717) is 22.5 Å². The van der Waals surface area contributed by atoms with Crippen LogP contribution in [0.15, 0.2) is 24.5 Å². The van der Waals surface area contributed by atoms with Gasteiger partial charge < -0.3 is 19.5 Å². The third-order valence-corrected chi connectivity index (χ3v) is 6.59. The molecule has 7 nitrogen and oxygen atoms in total. The van der Waals surface area contributed by atoms with Crippen molar-refractivity contribution in [3.8, 4) is 17.0 Å². The molecule has 0 spiro atoms. The van der Waals surface area contributed by atoms with E-state index in [1.165, 1.54) is 13.1 Å². The Morgan fingerprint density at radius 3 is 2.39 bits per heavy atom. The number of carbonyl (C=O) groups is 1. The fraction of sp³-hybridized carbons (Fsp3) is 0.593. The fourth-order valence-corrected chi connectivity index (χ4v) is 4.22. The highest BCUT2D eigenvalue weighted by molar-refractivity contribution is 5.85. The quantitative estimate of drug-likeness (QED) is 0.420. The van der Waals surface area contributed by atoms with E-state index in [1.54, 1.807) is 39.1 Å². The Morgan fingerprint density at radius 2 is 1.86 bits per heavy atom. The second kappa shape index (κ2) is 11.1. The van der Waals surface area contributed by atoms with Gasteiger partial charge in [-0.1, -0.05) is 20.8 Å². The van der Waals surface area contributed by atoms with Crippen LogP contribution < -0.4 is 9.64 Å². The van der Waals surface area contributed by atoms with Gasteiger partial charge in [-0.15, -0.1) is 0 Å². The average Bonchev–Trinajstić information content (AvgIpc) is 2.82. The van der Waals surface area contributed by atoms with Gasteiger partial charge in [-0.05, 0) is 51.2 Å². The Morgan fingerprint density at radius 1 is 1.19 bits per heavy atom. The summed E-state index contributed by atoms with van der Waals surface area (Å²) in [6.07, 6.45) is 3.18. The van der Waals surface area contributed by atoms with E-state index >= 15 is 0 Å². The van der Waals surface area contributed by atoms with Crippen molar-refractivity contribution in [3.63, 3.8) is 0 Å². The van der Waals surface area contributed by atoms with Crippen LogP contribution in [0.3, 0.4) is 0 Å². The maximum Gasteiger partial charge on any atom is 0.337 e. The van der Waals surface area contributed by atoms with E-state index in [1.807, 2.05) is 0 Å². The van der Waals surface area contributed by atoms with Gasteiger partial charge in [0.15, 0.2) is 12.7 Å². The number of ether oxygens (including phenoxy) is 2. The number of alkyl halides is 2. The summed E-state index contributed by atoms with van der Waals surface area (Å²) in [4.78, 5) is 23.5. The van der Waals surface area contributed by atoms with Crippen LogP contribution in [0.25, 0.3) is 11.3 Å². The number of hydrogen-bond acceptors (Lipinski definition) is 6. The van der Waals surface area contributed by atoms with Crippen LogP contribution in [0.2, 0.25) is 0 Å². The highest BCUT2D eigenvalue weighted by Crippen LogP contribution is 2.42. The molecule has 0 radical (unpaired) electrons. The summed E-state index contributed by atoms with van der Waals surface area (Å²) in [5.41, 5.74) is 3.24. The maximum atomic E-state index is 13.6. The monoisotopic (exact) mass is 505 g/mol. The molecule has 36 heavy (non-hydrogen) atoms. The average molecular weight is 506 g/mol. The molecule has 0 saturated carbocycles. The van der Waals surface area contributed by atoms with Crippen molar-refractivity contribution in [1.82, 2.24) is 9.97 Å². The number of halogens is 2. The van der Waals surface area contributed by atoms with Gasteiger partial charge in [0.1, 0.15) is 5.75 Å². The minimum atomic E-state index is -2.91. The fourth-order valence-electron chi connectivity index (χ4n) is 4.22. The molecule has 0 bridgehead atoms. The molecule has 1 aliphatic rings. The van der Waals surface area contributed by atoms with E-state index in [-0.39, 0.29) is 23.7 Å². The Balaban J connectivity index is 2.07. The van der Waals surface area contributed by atoms with Crippen LogP contribution in [-0.2, 0) is 9.53 Å². The highest BCUT2D eigenvalue weighted by Gasteiger charge is 2.34. The topological polar surface area (TPSA) is 84.8 Å². The molecule has 9 heteroatoms. The SMILES string of the molecule is CCC(F)(F)COc1ccc(-c2cnc(C)c([C@H](OC(C)C)C(=O)O)c2N2CCC(C)(C)CC2)nc1. The smallest absolute Gasteiger partial charge is 0.337 e. The minimum Gasteiger partial charge on any atom is -0.486 e. The number of hydrogen-bond donors (Lipinski definition) is 1. The van der Waals surface area contributed by atoms with Crippen molar-refractivity contribution in [2.45, 2.75) is 78.9 Å². The normalized spacial score (nSPS) is 16.8. The Labute approximate surface area is 211 Å². The zero-order valence-corrected chi connectivity index (χ0v) is 22.0. The van der Waals surface area contributed by atoms with E-state index in [9.17, 15) is 18.7 Å². The molecular weight excluding hydrogens is 468 g/mol. The molecule has 1 aliphatic heterocycles. The number of nitrogens with zero attached hydrogens (tertiary/aromatic N) is 3. The summed E-state index contributed by atoms with van der Waals surface area (Å²) in [5.74, 6) is -3.76. The van der Waals surface area contributed by atoms with Gasteiger partial charge in [0.05, 0.1) is 23.7 Å². The van der Waals surface area contributed by atoms with Crippen LogP contribution in [0.4, 0.5) is 14.5 Å². The third-order valence-electron chi connectivity index (χ3n) is 6.59. The molecule has 0 aromatic carbocycles. The molecule has 2 aromatic rings. The zero-order chi connectivity index (χ0) is 26.7. The summed E-state index contributed by atoms with van der Waals surface area (Å²) >= 11 is 0. The first-order valence-electron chi connectivity index (χ1n) is 12.4. The van der Waals surface area contributed by atoms with Crippen molar-refractivity contribution < 1.29 is 28.2 Å². The predicted octanol–water partition coefficient (Wildman–Crippen LogP) is 6.05. The van der Waals surface area contributed by atoms with Gasteiger partial charge in [0, 0.05) is 42.5 Å². The lowest BCUT2D eigenvalue weighted by atomic mass is 9.82. The first kappa shape index (κ1) is 27.8. The molecule has 0 amide bonds. The van der Waals surface area contributed by atoms with Crippen molar-refractivity contribution in [3.05, 3.63) is 35.8 Å². The molecule has 1 fully saturated rings. The molecule has 2 aromatic heterocycles. The molecular formula is C27H37F2N3O4. The highest BCUT2D eigenvalue weighted by atomic mass is 19.3. The number of pyridine rings is 2. The molecule has 1 atom stereocenters. The first-order chi connectivity index (χ1) is 16.8. The van der Waals surface area contributed by atoms with Crippen LogP contribution in [0.5, 0.6) is 5.75 Å². The van der Waals surface area contributed by atoms with Gasteiger partial charge in [-0.2, -0.15) is 0 Å². The standard InChI is InChI=1S/C27H37F2N3O4/c1-7-27(28,29)16-35-19-8-9-21(31-14-19)20-15-30-18(4)22(24(25(33)34)36-17(2)3)23(20)32-12-10-26(5,6)11-13-32/h8-9,14-15,17,24H,7,10-13,16H2,1-6H3,(H,33,34)/t24-/m0/s1.